The lowest BCUT2D eigenvalue weighted by Crippen LogP contribution is -2.31. The minimum absolute atomic E-state index is 0.157. The molecule has 3 atom stereocenters. The molecule has 0 heterocycles. The third-order valence-electron chi connectivity index (χ3n) is 7.59. The van der Waals surface area contributed by atoms with Gasteiger partial charge in [-0.2, -0.15) is 0 Å². The largest absolute Gasteiger partial charge is 0.304 e. The minimum Gasteiger partial charge on any atom is -0.304 e. The number of benzene rings is 2. The summed E-state index contributed by atoms with van der Waals surface area (Å²) in [5.74, 6) is 1.82. The van der Waals surface area contributed by atoms with E-state index in [9.17, 15) is 0 Å². The molecular weight excluding hydrogens is 374 g/mol. The first kappa shape index (κ1) is 27.4. The van der Waals surface area contributed by atoms with E-state index >= 15 is 0 Å². The summed E-state index contributed by atoms with van der Waals surface area (Å²) in [6.45, 7) is 24.2. The molecule has 0 aliphatic carbocycles. The van der Waals surface area contributed by atoms with Gasteiger partial charge in [0.1, 0.15) is 0 Å². The van der Waals surface area contributed by atoms with Crippen molar-refractivity contribution >= 4 is 0 Å². The van der Waals surface area contributed by atoms with Crippen LogP contribution in [0.4, 0.5) is 0 Å². The second-order valence-corrected chi connectivity index (χ2v) is 9.49. The van der Waals surface area contributed by atoms with E-state index in [1.165, 1.54) is 49.2 Å². The van der Waals surface area contributed by atoms with Gasteiger partial charge in [-0.25, -0.2) is 0 Å². The van der Waals surface area contributed by atoms with Crippen LogP contribution in [0.15, 0.2) is 54.6 Å². The van der Waals surface area contributed by atoms with Gasteiger partial charge in [0.15, 0.2) is 0 Å². The maximum atomic E-state index is 2.42. The molecule has 0 saturated carbocycles. The topological polar surface area (TPSA) is 3.24 Å². The molecule has 0 radical (unpaired) electrons. The quantitative estimate of drug-likeness (QED) is 0.369. The molecule has 0 amide bonds. The van der Waals surface area contributed by atoms with E-state index in [1.807, 2.05) is 0 Å². The summed E-state index contributed by atoms with van der Waals surface area (Å²) in [5, 5.41) is 0. The SMILES string of the molecule is CCC(C)c1ccc(C(C)(C)C(C)C(CC)c2ccccc2)cc1.CCN(CC)CC. The van der Waals surface area contributed by atoms with Crippen molar-refractivity contribution < 1.29 is 0 Å². The van der Waals surface area contributed by atoms with E-state index in [1.54, 1.807) is 0 Å². The summed E-state index contributed by atoms with van der Waals surface area (Å²) < 4.78 is 0. The van der Waals surface area contributed by atoms with Crippen LogP contribution in [-0.4, -0.2) is 24.5 Å². The minimum atomic E-state index is 0.157. The molecule has 0 fully saturated rings. The highest BCUT2D eigenvalue weighted by molar-refractivity contribution is 5.32. The second-order valence-electron chi connectivity index (χ2n) is 9.49. The Kier molecular flexibility index (Phi) is 12.2. The van der Waals surface area contributed by atoms with E-state index in [0.717, 1.165) is 0 Å². The first-order valence-corrected chi connectivity index (χ1v) is 12.6. The first-order chi connectivity index (χ1) is 14.8. The zero-order chi connectivity index (χ0) is 23.4. The Morgan fingerprint density at radius 3 is 1.58 bits per heavy atom. The third kappa shape index (κ3) is 7.79. The predicted molar refractivity (Wildman–Crippen MR) is 140 cm³/mol. The van der Waals surface area contributed by atoms with Crippen LogP contribution in [0, 0.1) is 5.92 Å². The van der Waals surface area contributed by atoms with Crippen molar-refractivity contribution in [3.8, 4) is 0 Å². The summed E-state index contributed by atoms with van der Waals surface area (Å²) in [6, 6.07) is 20.4. The van der Waals surface area contributed by atoms with Crippen molar-refractivity contribution in [2.45, 2.75) is 92.4 Å². The standard InChI is InChI=1S/C24H34.C6H15N/c1-7-18(3)20-14-16-22(17-15-20)24(5,6)19(4)23(8-2)21-12-10-9-11-13-21;1-4-7(5-2)6-3/h9-19,23H,7-8H2,1-6H3;4-6H2,1-3H3. The smallest absolute Gasteiger partial charge is 0.00474 e. The normalized spacial score (nSPS) is 14.5. The second kappa shape index (κ2) is 13.7. The predicted octanol–water partition coefficient (Wildman–Crippen LogP) is 8.66. The lowest BCUT2D eigenvalue weighted by molar-refractivity contribution is 0.284. The Bertz CT molecular complexity index is 691. The summed E-state index contributed by atoms with van der Waals surface area (Å²) in [4.78, 5) is 2.38. The molecular formula is C30H49N. The Labute approximate surface area is 194 Å². The maximum Gasteiger partial charge on any atom is -0.00474 e. The average Bonchev–Trinajstić information content (AvgIpc) is 2.81. The van der Waals surface area contributed by atoms with E-state index < -0.39 is 0 Å². The molecule has 2 aromatic rings. The van der Waals surface area contributed by atoms with E-state index in [4.69, 9.17) is 0 Å². The van der Waals surface area contributed by atoms with Gasteiger partial charge in [0.25, 0.3) is 0 Å². The lowest BCUT2D eigenvalue weighted by Gasteiger charge is -2.38. The van der Waals surface area contributed by atoms with Crippen molar-refractivity contribution in [3.63, 3.8) is 0 Å². The monoisotopic (exact) mass is 423 g/mol. The number of rotatable bonds is 10. The Balaban J connectivity index is 0.000000592. The van der Waals surface area contributed by atoms with Crippen molar-refractivity contribution in [3.05, 3.63) is 71.3 Å². The van der Waals surface area contributed by atoms with Crippen molar-refractivity contribution in [1.82, 2.24) is 4.90 Å². The van der Waals surface area contributed by atoms with Gasteiger partial charge in [0.2, 0.25) is 0 Å². The Morgan fingerprint density at radius 2 is 1.19 bits per heavy atom. The molecule has 3 unspecified atom stereocenters. The van der Waals surface area contributed by atoms with Gasteiger partial charge in [-0.15, -0.1) is 0 Å². The Hall–Kier alpha value is -1.60. The van der Waals surface area contributed by atoms with Gasteiger partial charge in [-0.05, 0) is 72.3 Å². The van der Waals surface area contributed by atoms with Crippen LogP contribution in [0.3, 0.4) is 0 Å². The van der Waals surface area contributed by atoms with E-state index in [0.29, 0.717) is 17.8 Å². The molecule has 0 aliphatic heterocycles. The molecule has 174 valence electrons. The van der Waals surface area contributed by atoms with Crippen LogP contribution in [0.25, 0.3) is 0 Å². The maximum absolute atomic E-state index is 2.42. The molecule has 1 heteroatoms. The van der Waals surface area contributed by atoms with Crippen LogP contribution >= 0.6 is 0 Å². The molecule has 0 spiro atoms. The molecule has 1 nitrogen and oxygen atoms in total. The molecule has 2 rings (SSSR count). The molecule has 0 aliphatic rings. The van der Waals surface area contributed by atoms with Crippen LogP contribution < -0.4 is 0 Å². The van der Waals surface area contributed by atoms with Crippen LogP contribution in [0.5, 0.6) is 0 Å². The summed E-state index contributed by atoms with van der Waals surface area (Å²) >= 11 is 0. The number of hydrogen-bond acceptors (Lipinski definition) is 1. The zero-order valence-electron chi connectivity index (χ0n) is 21.9. The highest BCUT2D eigenvalue weighted by Gasteiger charge is 2.33. The summed E-state index contributed by atoms with van der Waals surface area (Å²) in [6.07, 6.45) is 2.38. The molecule has 0 aromatic heterocycles. The van der Waals surface area contributed by atoms with Crippen molar-refractivity contribution in [2.24, 2.45) is 5.92 Å². The van der Waals surface area contributed by atoms with Crippen molar-refractivity contribution in [1.29, 1.82) is 0 Å². The number of nitrogens with zero attached hydrogens (tertiary/aromatic N) is 1. The fraction of sp³-hybridized carbons (Fsp3) is 0.600. The highest BCUT2D eigenvalue weighted by Crippen LogP contribution is 2.42. The highest BCUT2D eigenvalue weighted by atomic mass is 15.1. The zero-order valence-corrected chi connectivity index (χ0v) is 21.9. The lowest BCUT2D eigenvalue weighted by atomic mass is 9.66. The molecule has 2 aromatic carbocycles. The van der Waals surface area contributed by atoms with Crippen molar-refractivity contribution in [2.75, 3.05) is 19.6 Å². The van der Waals surface area contributed by atoms with Gasteiger partial charge in [-0.1, -0.05) is 117 Å². The summed E-state index contributed by atoms with van der Waals surface area (Å²) in [7, 11) is 0. The van der Waals surface area contributed by atoms with Gasteiger partial charge < -0.3 is 4.90 Å². The van der Waals surface area contributed by atoms with Crippen LogP contribution in [0.1, 0.15) is 104 Å². The van der Waals surface area contributed by atoms with Gasteiger partial charge in [0.05, 0.1) is 0 Å². The van der Waals surface area contributed by atoms with E-state index in [2.05, 4.69) is 122 Å². The Morgan fingerprint density at radius 1 is 0.677 bits per heavy atom. The molecule has 31 heavy (non-hydrogen) atoms. The fourth-order valence-corrected chi connectivity index (χ4v) is 4.49. The average molecular weight is 424 g/mol. The van der Waals surface area contributed by atoms with Gasteiger partial charge >= 0.3 is 0 Å². The fourth-order valence-electron chi connectivity index (χ4n) is 4.49. The molecule has 0 bridgehead atoms. The first-order valence-electron chi connectivity index (χ1n) is 12.6. The van der Waals surface area contributed by atoms with Crippen LogP contribution in [-0.2, 0) is 5.41 Å². The van der Waals surface area contributed by atoms with E-state index in [-0.39, 0.29) is 5.41 Å². The third-order valence-corrected chi connectivity index (χ3v) is 7.59. The van der Waals surface area contributed by atoms with Gasteiger partial charge in [0, 0.05) is 0 Å². The molecule has 0 saturated heterocycles. The number of hydrogen-bond donors (Lipinski definition) is 0. The van der Waals surface area contributed by atoms with Gasteiger partial charge in [-0.3, -0.25) is 0 Å². The van der Waals surface area contributed by atoms with Crippen LogP contribution in [0.2, 0.25) is 0 Å². The molecule has 0 N–H and O–H groups in total. The summed E-state index contributed by atoms with van der Waals surface area (Å²) in [5.41, 5.74) is 4.54.